The second-order valence-electron chi connectivity index (χ2n) is 3.69. The molecule has 0 saturated heterocycles. The van der Waals surface area contributed by atoms with E-state index in [0.29, 0.717) is 11.8 Å². The van der Waals surface area contributed by atoms with Gasteiger partial charge in [-0.25, -0.2) is 5.43 Å². The van der Waals surface area contributed by atoms with Crippen LogP contribution in [0.2, 0.25) is 0 Å². The lowest BCUT2D eigenvalue weighted by molar-refractivity contribution is 0.290. The molecule has 1 atom stereocenters. The third-order valence-corrected chi connectivity index (χ3v) is 2.07. The molecule has 1 aromatic heterocycles. The number of hydrogen-bond donors (Lipinski definition) is 2. The summed E-state index contributed by atoms with van der Waals surface area (Å²) in [5.41, 5.74) is 2.68. The highest BCUT2D eigenvalue weighted by Crippen LogP contribution is 2.18. The highest BCUT2D eigenvalue weighted by molar-refractivity contribution is 4.93. The van der Waals surface area contributed by atoms with Crippen molar-refractivity contribution in [3.63, 3.8) is 0 Å². The topological polar surface area (TPSA) is 77.0 Å². The van der Waals surface area contributed by atoms with Gasteiger partial charge in [0.1, 0.15) is 6.04 Å². The van der Waals surface area contributed by atoms with E-state index in [9.17, 15) is 0 Å². The zero-order valence-corrected chi connectivity index (χ0v) is 8.95. The average Bonchev–Trinajstić information content (AvgIpc) is 2.54. The predicted molar refractivity (Wildman–Crippen MR) is 53.2 cm³/mol. The van der Waals surface area contributed by atoms with Crippen LogP contribution in [0.25, 0.3) is 0 Å². The fourth-order valence-electron chi connectivity index (χ4n) is 1.27. The van der Waals surface area contributed by atoms with Gasteiger partial charge in [-0.2, -0.15) is 4.98 Å². The summed E-state index contributed by atoms with van der Waals surface area (Å²) in [6.45, 7) is 6.18. The molecule has 3 N–H and O–H groups in total. The fraction of sp³-hybridized carbons (Fsp3) is 0.778. The molecule has 0 aromatic carbocycles. The van der Waals surface area contributed by atoms with E-state index in [1.807, 2.05) is 13.8 Å². The summed E-state index contributed by atoms with van der Waals surface area (Å²) in [4.78, 5) is 4.27. The Bertz CT molecular complexity index is 272. The highest BCUT2D eigenvalue weighted by Gasteiger charge is 2.20. The molecule has 0 radical (unpaired) electrons. The molecule has 0 spiro atoms. The smallest absolute Gasteiger partial charge is 0.245 e. The fourth-order valence-corrected chi connectivity index (χ4v) is 1.27. The van der Waals surface area contributed by atoms with Gasteiger partial charge in [-0.15, -0.1) is 0 Å². The molecule has 0 bridgehead atoms. The number of rotatable bonds is 5. The largest absolute Gasteiger partial charge is 0.338 e. The van der Waals surface area contributed by atoms with Gasteiger partial charge in [0.15, 0.2) is 5.82 Å². The number of nitrogens with two attached hydrogens (primary N) is 1. The molecular formula is C9H18N4O. The first-order chi connectivity index (χ1) is 6.69. The first kappa shape index (κ1) is 11.1. The van der Waals surface area contributed by atoms with Gasteiger partial charge < -0.3 is 4.52 Å². The number of hydrazine groups is 1. The van der Waals surface area contributed by atoms with Gasteiger partial charge in [0, 0.05) is 6.42 Å². The second-order valence-corrected chi connectivity index (χ2v) is 3.69. The Kier molecular flexibility index (Phi) is 4.03. The molecule has 0 aliphatic carbocycles. The molecule has 0 unspecified atom stereocenters. The van der Waals surface area contributed by atoms with Crippen molar-refractivity contribution in [1.82, 2.24) is 15.6 Å². The van der Waals surface area contributed by atoms with Crippen molar-refractivity contribution < 1.29 is 4.52 Å². The zero-order valence-electron chi connectivity index (χ0n) is 8.95. The van der Waals surface area contributed by atoms with Gasteiger partial charge in [0.05, 0.1) is 0 Å². The van der Waals surface area contributed by atoms with Crippen LogP contribution >= 0.6 is 0 Å². The second kappa shape index (κ2) is 5.07. The number of nitrogens with one attached hydrogen (secondary N) is 1. The first-order valence-corrected chi connectivity index (χ1v) is 4.97. The summed E-state index contributed by atoms with van der Waals surface area (Å²) in [5.74, 6) is 7.07. The molecule has 1 rings (SSSR count). The summed E-state index contributed by atoms with van der Waals surface area (Å²) in [5, 5.41) is 3.88. The van der Waals surface area contributed by atoms with Gasteiger partial charge in [-0.05, 0) is 12.3 Å². The molecule has 0 aliphatic rings. The lowest BCUT2D eigenvalue weighted by Crippen LogP contribution is -2.31. The van der Waals surface area contributed by atoms with E-state index in [-0.39, 0.29) is 6.04 Å². The minimum absolute atomic E-state index is 0.0619. The van der Waals surface area contributed by atoms with Crippen LogP contribution in [-0.2, 0) is 6.42 Å². The van der Waals surface area contributed by atoms with Crippen LogP contribution in [0, 0.1) is 5.92 Å². The SMILES string of the molecule is CCCc1noc([C@@H](NN)C(C)C)n1. The van der Waals surface area contributed by atoms with Crippen molar-refractivity contribution in [2.45, 2.75) is 39.7 Å². The standard InChI is InChI=1S/C9H18N4O/c1-4-5-7-11-9(14-13-7)8(12-10)6(2)3/h6,8,12H,4-5,10H2,1-3H3/t8-/m0/s1. The summed E-state index contributed by atoms with van der Waals surface area (Å²) >= 11 is 0. The Morgan fingerprint density at radius 1 is 1.50 bits per heavy atom. The molecule has 1 aromatic rings. The van der Waals surface area contributed by atoms with E-state index in [1.54, 1.807) is 0 Å². The lowest BCUT2D eigenvalue weighted by atomic mass is 10.1. The van der Waals surface area contributed by atoms with Gasteiger partial charge >= 0.3 is 0 Å². The molecule has 0 fully saturated rings. The molecule has 14 heavy (non-hydrogen) atoms. The highest BCUT2D eigenvalue weighted by atomic mass is 16.5. The summed E-state index contributed by atoms with van der Waals surface area (Å²) in [7, 11) is 0. The maximum atomic E-state index is 5.41. The lowest BCUT2D eigenvalue weighted by Gasteiger charge is -2.14. The van der Waals surface area contributed by atoms with Gasteiger partial charge in [-0.3, -0.25) is 5.84 Å². The molecule has 5 nitrogen and oxygen atoms in total. The van der Waals surface area contributed by atoms with E-state index < -0.39 is 0 Å². The minimum Gasteiger partial charge on any atom is -0.338 e. The first-order valence-electron chi connectivity index (χ1n) is 4.97. The van der Waals surface area contributed by atoms with Crippen LogP contribution in [0.1, 0.15) is 44.9 Å². The predicted octanol–water partition coefficient (Wildman–Crippen LogP) is 1.18. The Hall–Kier alpha value is -0.940. The molecule has 5 heteroatoms. The van der Waals surface area contributed by atoms with Gasteiger partial charge in [0.2, 0.25) is 5.89 Å². The summed E-state index contributed by atoms with van der Waals surface area (Å²) in [6.07, 6.45) is 1.86. The van der Waals surface area contributed by atoms with Crippen LogP contribution in [0.5, 0.6) is 0 Å². The number of hydrogen-bond acceptors (Lipinski definition) is 5. The van der Waals surface area contributed by atoms with Crippen molar-refractivity contribution >= 4 is 0 Å². The maximum absolute atomic E-state index is 5.41. The van der Waals surface area contributed by atoms with Crippen molar-refractivity contribution in [2.75, 3.05) is 0 Å². The van der Waals surface area contributed by atoms with E-state index in [4.69, 9.17) is 10.4 Å². The molecule has 80 valence electrons. The van der Waals surface area contributed by atoms with Crippen molar-refractivity contribution in [1.29, 1.82) is 0 Å². The third kappa shape index (κ3) is 2.52. The quantitative estimate of drug-likeness (QED) is 0.549. The number of nitrogens with zero attached hydrogens (tertiary/aromatic N) is 2. The Morgan fingerprint density at radius 3 is 2.71 bits per heavy atom. The van der Waals surface area contributed by atoms with E-state index >= 15 is 0 Å². The van der Waals surface area contributed by atoms with E-state index in [2.05, 4.69) is 22.5 Å². The normalized spacial score (nSPS) is 13.5. The van der Waals surface area contributed by atoms with E-state index in [0.717, 1.165) is 18.7 Å². The summed E-state index contributed by atoms with van der Waals surface area (Å²) < 4.78 is 5.13. The Balaban J connectivity index is 2.73. The van der Waals surface area contributed by atoms with Crippen molar-refractivity contribution in [2.24, 2.45) is 11.8 Å². The van der Waals surface area contributed by atoms with Crippen LogP contribution in [0.4, 0.5) is 0 Å². The Morgan fingerprint density at radius 2 is 2.21 bits per heavy atom. The van der Waals surface area contributed by atoms with Crippen LogP contribution in [0.15, 0.2) is 4.52 Å². The average molecular weight is 198 g/mol. The maximum Gasteiger partial charge on any atom is 0.245 e. The monoisotopic (exact) mass is 198 g/mol. The molecule has 0 aliphatic heterocycles. The zero-order chi connectivity index (χ0) is 10.6. The number of aromatic nitrogens is 2. The van der Waals surface area contributed by atoms with Crippen molar-refractivity contribution in [3.05, 3.63) is 11.7 Å². The van der Waals surface area contributed by atoms with Crippen LogP contribution in [0.3, 0.4) is 0 Å². The summed E-state index contributed by atoms with van der Waals surface area (Å²) in [6, 6.07) is -0.0619. The van der Waals surface area contributed by atoms with Gasteiger partial charge in [0.25, 0.3) is 0 Å². The van der Waals surface area contributed by atoms with Crippen molar-refractivity contribution in [3.8, 4) is 0 Å². The molecule has 0 amide bonds. The Labute approximate surface area is 84.0 Å². The van der Waals surface area contributed by atoms with Crippen LogP contribution < -0.4 is 11.3 Å². The molecule has 0 saturated carbocycles. The van der Waals surface area contributed by atoms with Crippen LogP contribution in [-0.4, -0.2) is 10.1 Å². The third-order valence-electron chi connectivity index (χ3n) is 2.07. The number of aryl methyl sites for hydroxylation is 1. The van der Waals surface area contributed by atoms with E-state index in [1.165, 1.54) is 0 Å². The molecule has 1 heterocycles. The van der Waals surface area contributed by atoms with Gasteiger partial charge in [-0.1, -0.05) is 25.9 Å². The minimum atomic E-state index is -0.0619. The molecular weight excluding hydrogens is 180 g/mol.